The molecule has 1 saturated heterocycles. The van der Waals surface area contributed by atoms with Gasteiger partial charge in [0, 0.05) is 19.4 Å². The molecule has 1 aliphatic rings. The Balaban J connectivity index is 1.93. The molecule has 0 bridgehead atoms. The van der Waals surface area contributed by atoms with Gasteiger partial charge in [-0.1, -0.05) is 42.2 Å². The molecule has 0 saturated carbocycles. The molecule has 1 amide bonds. The lowest BCUT2D eigenvalue weighted by atomic mass is 10.2. The minimum Gasteiger partial charge on any atom is -0.357 e. The highest BCUT2D eigenvalue weighted by atomic mass is 32.2. The van der Waals surface area contributed by atoms with E-state index in [1.165, 1.54) is 11.8 Å². The maximum atomic E-state index is 12.5. The maximum absolute atomic E-state index is 12.5. The van der Waals surface area contributed by atoms with Crippen molar-refractivity contribution in [3.8, 4) is 0 Å². The molecule has 0 atom stereocenters. The zero-order valence-corrected chi connectivity index (χ0v) is 12.4. The number of rotatable bonds is 2. The summed E-state index contributed by atoms with van der Waals surface area (Å²) in [4.78, 5) is 14.7. The lowest BCUT2D eigenvalue weighted by molar-refractivity contribution is -0.113. The predicted octanol–water partition coefficient (Wildman–Crippen LogP) is 3.43. The van der Waals surface area contributed by atoms with Crippen molar-refractivity contribution >= 4 is 46.0 Å². The number of carbonyl (C=O) groups is 1. The second kappa shape index (κ2) is 5.26. The van der Waals surface area contributed by atoms with Crippen molar-refractivity contribution < 1.29 is 4.79 Å². The van der Waals surface area contributed by atoms with Crippen LogP contribution in [0.15, 0.2) is 53.7 Å². The summed E-state index contributed by atoms with van der Waals surface area (Å²) in [6.45, 7) is 0. The smallest absolute Gasteiger partial charge is 0.270 e. The number of benzene rings is 1. The highest BCUT2D eigenvalue weighted by molar-refractivity contribution is 8.27. The first-order valence-electron chi connectivity index (χ1n) is 6.10. The van der Waals surface area contributed by atoms with E-state index < -0.39 is 0 Å². The van der Waals surface area contributed by atoms with Gasteiger partial charge in [-0.15, -0.1) is 0 Å². The van der Waals surface area contributed by atoms with E-state index in [0.29, 0.717) is 9.23 Å². The van der Waals surface area contributed by atoms with Gasteiger partial charge in [-0.25, -0.2) is 0 Å². The van der Waals surface area contributed by atoms with E-state index in [-0.39, 0.29) is 5.91 Å². The molecule has 20 heavy (non-hydrogen) atoms. The lowest BCUT2D eigenvalue weighted by Gasteiger charge is -2.13. The van der Waals surface area contributed by atoms with Gasteiger partial charge in [0.1, 0.15) is 0 Å². The normalized spacial score (nSPS) is 17.2. The number of thioether (sulfide) groups is 1. The summed E-state index contributed by atoms with van der Waals surface area (Å²) in [6.07, 6.45) is 5.79. The molecule has 100 valence electrons. The molecule has 0 spiro atoms. The van der Waals surface area contributed by atoms with Gasteiger partial charge >= 0.3 is 0 Å². The van der Waals surface area contributed by atoms with Gasteiger partial charge in [0.05, 0.1) is 10.6 Å². The lowest BCUT2D eigenvalue weighted by Crippen LogP contribution is -2.27. The van der Waals surface area contributed by atoms with Crippen LogP contribution in [0.5, 0.6) is 0 Å². The molecule has 1 aliphatic heterocycles. The van der Waals surface area contributed by atoms with Crippen LogP contribution in [0.4, 0.5) is 5.69 Å². The van der Waals surface area contributed by atoms with Crippen LogP contribution in [0, 0.1) is 0 Å². The van der Waals surface area contributed by atoms with Crippen molar-refractivity contribution in [2.24, 2.45) is 7.05 Å². The van der Waals surface area contributed by atoms with Crippen LogP contribution in [-0.4, -0.2) is 14.8 Å². The summed E-state index contributed by atoms with van der Waals surface area (Å²) in [7, 11) is 1.95. The average molecular weight is 300 g/mol. The number of para-hydroxylation sites is 1. The minimum absolute atomic E-state index is 0.0601. The maximum Gasteiger partial charge on any atom is 0.270 e. The summed E-state index contributed by atoms with van der Waals surface area (Å²) in [6, 6.07) is 11.5. The van der Waals surface area contributed by atoms with E-state index in [9.17, 15) is 4.79 Å². The summed E-state index contributed by atoms with van der Waals surface area (Å²) in [5, 5.41) is 0. The number of hydrogen-bond donors (Lipinski definition) is 0. The SMILES string of the molecule is Cn1ccc(/C=C2/SC(=S)N(c3ccccc3)C2=O)c1. The molecule has 0 radical (unpaired) electrons. The first kappa shape index (κ1) is 13.1. The zero-order chi connectivity index (χ0) is 14.1. The Morgan fingerprint density at radius 2 is 1.95 bits per heavy atom. The van der Waals surface area contributed by atoms with Crippen molar-refractivity contribution in [3.63, 3.8) is 0 Å². The van der Waals surface area contributed by atoms with Crippen molar-refractivity contribution in [3.05, 3.63) is 59.3 Å². The van der Waals surface area contributed by atoms with E-state index in [1.54, 1.807) is 4.90 Å². The number of thiocarbonyl (C=S) groups is 1. The molecule has 0 aliphatic carbocycles. The fourth-order valence-corrected chi connectivity index (χ4v) is 3.33. The van der Waals surface area contributed by atoms with Crippen LogP contribution in [-0.2, 0) is 11.8 Å². The van der Waals surface area contributed by atoms with Crippen molar-refractivity contribution in [2.45, 2.75) is 0 Å². The highest BCUT2D eigenvalue weighted by Crippen LogP contribution is 2.35. The Bertz CT molecular complexity index is 704. The Labute approximate surface area is 126 Å². The number of carbonyl (C=O) groups excluding carboxylic acids is 1. The number of aryl methyl sites for hydroxylation is 1. The van der Waals surface area contributed by atoms with Crippen LogP contribution < -0.4 is 4.90 Å². The van der Waals surface area contributed by atoms with Gasteiger partial charge in [-0.2, -0.15) is 0 Å². The Hall–Kier alpha value is -1.85. The molecule has 3 rings (SSSR count). The Morgan fingerprint density at radius 1 is 1.20 bits per heavy atom. The molecule has 2 aromatic rings. The third-order valence-electron chi connectivity index (χ3n) is 2.96. The molecular formula is C15H12N2OS2. The molecule has 0 N–H and O–H groups in total. The predicted molar refractivity (Wildman–Crippen MR) is 87.5 cm³/mol. The van der Waals surface area contributed by atoms with E-state index >= 15 is 0 Å². The summed E-state index contributed by atoms with van der Waals surface area (Å²) in [5.74, 6) is -0.0601. The summed E-state index contributed by atoms with van der Waals surface area (Å²) >= 11 is 6.66. The fourth-order valence-electron chi connectivity index (χ4n) is 2.03. The van der Waals surface area contributed by atoms with Crippen molar-refractivity contribution in [1.82, 2.24) is 4.57 Å². The van der Waals surface area contributed by atoms with Crippen LogP contribution in [0.25, 0.3) is 6.08 Å². The topological polar surface area (TPSA) is 25.2 Å². The third-order valence-corrected chi connectivity index (χ3v) is 4.26. The molecule has 3 nitrogen and oxygen atoms in total. The number of anilines is 1. The van der Waals surface area contributed by atoms with Crippen LogP contribution in [0.3, 0.4) is 0 Å². The highest BCUT2D eigenvalue weighted by Gasteiger charge is 2.33. The molecule has 0 unspecified atom stereocenters. The van der Waals surface area contributed by atoms with Gasteiger partial charge in [0.15, 0.2) is 4.32 Å². The van der Waals surface area contributed by atoms with Crippen LogP contribution in [0.1, 0.15) is 5.56 Å². The minimum atomic E-state index is -0.0601. The molecule has 1 fully saturated rings. The molecule has 2 heterocycles. The Morgan fingerprint density at radius 3 is 2.60 bits per heavy atom. The number of amides is 1. The monoisotopic (exact) mass is 300 g/mol. The van der Waals surface area contributed by atoms with Gasteiger partial charge < -0.3 is 4.57 Å². The first-order valence-corrected chi connectivity index (χ1v) is 7.32. The van der Waals surface area contributed by atoms with Gasteiger partial charge in [-0.3, -0.25) is 9.69 Å². The largest absolute Gasteiger partial charge is 0.357 e. The van der Waals surface area contributed by atoms with Gasteiger partial charge in [0.25, 0.3) is 5.91 Å². The standard InChI is InChI=1S/C15H12N2OS2/c1-16-8-7-11(10-16)9-13-14(18)17(15(19)20-13)12-5-3-2-4-6-12/h2-10H,1H3/b13-9+. The quantitative estimate of drug-likeness (QED) is 0.627. The van der Waals surface area contributed by atoms with E-state index in [1.807, 2.05) is 66.5 Å². The van der Waals surface area contributed by atoms with E-state index in [2.05, 4.69) is 0 Å². The van der Waals surface area contributed by atoms with E-state index in [0.717, 1.165) is 11.3 Å². The second-order valence-electron chi connectivity index (χ2n) is 4.46. The average Bonchev–Trinajstić information content (AvgIpc) is 2.96. The van der Waals surface area contributed by atoms with E-state index in [4.69, 9.17) is 12.2 Å². The van der Waals surface area contributed by atoms with Gasteiger partial charge in [-0.05, 0) is 29.8 Å². The van der Waals surface area contributed by atoms with Gasteiger partial charge in [0.2, 0.25) is 0 Å². The fraction of sp³-hybridized carbons (Fsp3) is 0.0667. The molecular weight excluding hydrogens is 288 g/mol. The van der Waals surface area contributed by atoms with Crippen LogP contribution >= 0.6 is 24.0 Å². The second-order valence-corrected chi connectivity index (χ2v) is 6.14. The number of hydrogen-bond acceptors (Lipinski definition) is 3. The first-order chi connectivity index (χ1) is 9.65. The Kier molecular flexibility index (Phi) is 3.46. The summed E-state index contributed by atoms with van der Waals surface area (Å²) in [5.41, 5.74) is 1.81. The van der Waals surface area contributed by atoms with Crippen molar-refractivity contribution in [1.29, 1.82) is 0 Å². The number of aromatic nitrogens is 1. The van der Waals surface area contributed by atoms with Crippen LogP contribution in [0.2, 0.25) is 0 Å². The molecule has 5 heteroatoms. The third kappa shape index (κ3) is 2.42. The van der Waals surface area contributed by atoms with Crippen molar-refractivity contribution in [2.75, 3.05) is 4.90 Å². The molecule has 1 aromatic carbocycles. The number of nitrogens with zero attached hydrogens (tertiary/aromatic N) is 2. The molecule has 1 aromatic heterocycles. The zero-order valence-electron chi connectivity index (χ0n) is 10.8. The summed E-state index contributed by atoms with van der Waals surface area (Å²) < 4.78 is 2.52.